The number of thioether (sulfide) groups is 1. The Kier molecular flexibility index (Phi) is 12.5. The van der Waals surface area contributed by atoms with Gasteiger partial charge < -0.3 is 24.8 Å². The number of carbonyl (C=O) groups excluding carboxylic acids is 4. The smallest absolute Gasteiger partial charge is 0.328 e. The number of ether oxygens (including phenoxy) is 1. The number of nitrogens with zero attached hydrogens (tertiary/aromatic N) is 3. The lowest BCUT2D eigenvalue weighted by atomic mass is 9.77. The number of nitrogens with one attached hydrogen (secondary N) is 2. The van der Waals surface area contributed by atoms with Gasteiger partial charge in [0.1, 0.15) is 29.4 Å². The Labute approximate surface area is 326 Å². The highest BCUT2D eigenvalue weighted by Gasteiger charge is 2.41. The first-order valence-electron chi connectivity index (χ1n) is 18.4. The van der Waals surface area contributed by atoms with E-state index in [9.17, 15) is 19.2 Å². The topological polar surface area (TPSA) is 123 Å². The number of esters is 1. The summed E-state index contributed by atoms with van der Waals surface area (Å²) in [5, 5.41) is 5.84. The number of fused-ring (bicyclic) bond motifs is 1. The average molecular weight is 758 g/mol. The monoisotopic (exact) mass is 757 g/mol. The molecule has 0 aliphatic carbocycles. The van der Waals surface area contributed by atoms with Crippen molar-refractivity contribution in [3.05, 3.63) is 161 Å². The van der Waals surface area contributed by atoms with Gasteiger partial charge in [0, 0.05) is 19.2 Å². The van der Waals surface area contributed by atoms with Gasteiger partial charge >= 0.3 is 5.97 Å². The highest BCUT2D eigenvalue weighted by molar-refractivity contribution is 7.98. The molecule has 0 bridgehead atoms. The molecule has 0 saturated heterocycles. The Hall–Kier alpha value is -5.68. The van der Waals surface area contributed by atoms with Gasteiger partial charge in [-0.1, -0.05) is 129 Å². The number of hydrogen-bond acceptors (Lipinski definition) is 7. The van der Waals surface area contributed by atoms with Crippen LogP contribution in [0.25, 0.3) is 0 Å². The van der Waals surface area contributed by atoms with Crippen LogP contribution in [0.2, 0.25) is 0 Å². The molecule has 284 valence electrons. The number of hydrogen-bond donors (Lipinski definition) is 2. The van der Waals surface area contributed by atoms with Gasteiger partial charge in [-0.25, -0.2) is 9.78 Å². The normalized spacial score (nSPS) is 15.1. The van der Waals surface area contributed by atoms with Gasteiger partial charge in [0.05, 0.1) is 13.4 Å². The summed E-state index contributed by atoms with van der Waals surface area (Å²) in [6.45, 7) is 3.88. The molecular weight excluding hydrogens is 711 g/mol. The lowest BCUT2D eigenvalue weighted by Gasteiger charge is -2.39. The molecule has 0 spiro atoms. The quantitative estimate of drug-likeness (QED) is 0.108. The predicted molar refractivity (Wildman–Crippen MR) is 214 cm³/mol. The third-order valence-corrected chi connectivity index (χ3v) is 10.9. The maximum Gasteiger partial charge on any atom is 0.328 e. The first kappa shape index (κ1) is 39.0. The maximum atomic E-state index is 14.6. The van der Waals surface area contributed by atoms with Crippen molar-refractivity contribution in [3.63, 3.8) is 0 Å². The average Bonchev–Trinajstić information content (AvgIpc) is 3.72. The van der Waals surface area contributed by atoms with Crippen LogP contribution in [0.4, 0.5) is 0 Å². The van der Waals surface area contributed by atoms with Crippen molar-refractivity contribution in [2.45, 2.75) is 56.9 Å². The number of carbonyl (C=O) groups is 4. The molecule has 55 heavy (non-hydrogen) atoms. The number of rotatable bonds is 14. The lowest BCUT2D eigenvalue weighted by Crippen LogP contribution is -2.60. The molecule has 1 aromatic heterocycles. The zero-order valence-corrected chi connectivity index (χ0v) is 32.4. The van der Waals surface area contributed by atoms with E-state index in [-0.39, 0.29) is 24.6 Å². The molecule has 0 unspecified atom stereocenters. The van der Waals surface area contributed by atoms with E-state index < -0.39 is 47.4 Å². The molecule has 3 amide bonds. The van der Waals surface area contributed by atoms with Gasteiger partial charge in [0.2, 0.25) is 11.8 Å². The van der Waals surface area contributed by atoms with Gasteiger partial charge in [0.15, 0.2) is 0 Å². The minimum atomic E-state index is -0.978. The zero-order valence-electron chi connectivity index (χ0n) is 31.6. The van der Waals surface area contributed by atoms with Crippen LogP contribution < -0.4 is 10.6 Å². The van der Waals surface area contributed by atoms with Gasteiger partial charge in [-0.2, -0.15) is 11.8 Å². The summed E-state index contributed by atoms with van der Waals surface area (Å²) < 4.78 is 6.93. The van der Waals surface area contributed by atoms with Gasteiger partial charge in [0.25, 0.3) is 5.91 Å². The Morgan fingerprint density at radius 1 is 0.818 bits per heavy atom. The highest BCUT2D eigenvalue weighted by atomic mass is 32.2. The van der Waals surface area contributed by atoms with E-state index in [0.717, 1.165) is 27.8 Å². The SMILES string of the molecule is COC(=O)[C@H](CCSC)NC(=O)[C@@H]1Cc2ccccc2CN1C(=O)[C@@H](NC(=O)c1cn(C(c2ccccc2)(c2ccccc2)c2ccccc2)cn1)C(C)C. The van der Waals surface area contributed by atoms with E-state index in [4.69, 9.17) is 4.74 Å². The second kappa shape index (κ2) is 17.6. The molecule has 0 radical (unpaired) electrons. The number of benzene rings is 4. The van der Waals surface area contributed by atoms with Crippen molar-refractivity contribution in [1.29, 1.82) is 0 Å². The van der Waals surface area contributed by atoms with Crippen LogP contribution in [0.5, 0.6) is 0 Å². The summed E-state index contributed by atoms with van der Waals surface area (Å²) >= 11 is 1.56. The highest BCUT2D eigenvalue weighted by Crippen LogP contribution is 2.40. The number of imidazole rings is 1. The molecular formula is C44H47N5O5S. The molecule has 1 aliphatic rings. The molecule has 0 saturated carbocycles. The van der Waals surface area contributed by atoms with Crippen molar-refractivity contribution in [2.75, 3.05) is 19.1 Å². The van der Waals surface area contributed by atoms with E-state index in [1.807, 2.05) is 104 Å². The van der Waals surface area contributed by atoms with Crippen LogP contribution in [0, 0.1) is 5.92 Å². The predicted octanol–water partition coefficient (Wildman–Crippen LogP) is 5.84. The van der Waals surface area contributed by atoms with Crippen molar-refractivity contribution >= 4 is 35.5 Å². The number of amides is 3. The van der Waals surface area contributed by atoms with E-state index in [0.29, 0.717) is 12.2 Å². The van der Waals surface area contributed by atoms with Crippen LogP contribution in [-0.2, 0) is 37.6 Å². The molecule has 4 aromatic carbocycles. The molecule has 10 nitrogen and oxygen atoms in total. The Morgan fingerprint density at radius 2 is 1.36 bits per heavy atom. The van der Waals surface area contributed by atoms with Gasteiger partial charge in [-0.3, -0.25) is 14.4 Å². The van der Waals surface area contributed by atoms with E-state index in [2.05, 4.69) is 52.0 Å². The molecule has 11 heteroatoms. The Morgan fingerprint density at radius 3 is 1.89 bits per heavy atom. The second-order valence-electron chi connectivity index (χ2n) is 14.0. The number of methoxy groups -OCH3 is 1. The van der Waals surface area contributed by atoms with Crippen molar-refractivity contribution in [2.24, 2.45) is 5.92 Å². The Balaban J connectivity index is 1.32. The third-order valence-electron chi connectivity index (χ3n) is 10.2. The second-order valence-corrected chi connectivity index (χ2v) is 15.0. The summed E-state index contributed by atoms with van der Waals surface area (Å²) in [5.74, 6) is -1.61. The first-order chi connectivity index (χ1) is 26.7. The van der Waals surface area contributed by atoms with E-state index >= 15 is 0 Å². The van der Waals surface area contributed by atoms with Crippen molar-refractivity contribution < 1.29 is 23.9 Å². The zero-order chi connectivity index (χ0) is 39.0. The third kappa shape index (κ3) is 8.22. The van der Waals surface area contributed by atoms with Crippen LogP contribution in [-0.4, -0.2) is 75.4 Å². The summed E-state index contributed by atoms with van der Waals surface area (Å²) in [6.07, 6.45) is 5.94. The van der Waals surface area contributed by atoms with Gasteiger partial charge in [-0.15, -0.1) is 0 Å². The number of aromatic nitrogens is 2. The molecule has 2 heterocycles. The van der Waals surface area contributed by atoms with Crippen LogP contribution >= 0.6 is 11.8 Å². The fourth-order valence-electron chi connectivity index (χ4n) is 7.40. The fraction of sp³-hybridized carbons (Fsp3) is 0.295. The molecule has 6 rings (SSSR count). The Bertz CT molecular complexity index is 1990. The molecule has 3 atom stereocenters. The fourth-order valence-corrected chi connectivity index (χ4v) is 7.87. The lowest BCUT2D eigenvalue weighted by molar-refractivity contribution is -0.148. The van der Waals surface area contributed by atoms with Gasteiger partial charge in [-0.05, 0) is 52.2 Å². The summed E-state index contributed by atoms with van der Waals surface area (Å²) in [6, 6.07) is 35.2. The van der Waals surface area contributed by atoms with Crippen LogP contribution in [0.15, 0.2) is 128 Å². The van der Waals surface area contributed by atoms with Crippen LogP contribution in [0.3, 0.4) is 0 Å². The molecule has 1 aliphatic heterocycles. The molecule has 2 N–H and O–H groups in total. The van der Waals surface area contributed by atoms with E-state index in [1.165, 1.54) is 12.0 Å². The molecule has 0 fully saturated rings. The summed E-state index contributed by atoms with van der Waals surface area (Å²) in [4.78, 5) is 61.5. The van der Waals surface area contributed by atoms with E-state index in [1.54, 1.807) is 24.3 Å². The summed E-state index contributed by atoms with van der Waals surface area (Å²) in [5.41, 5.74) is 4.05. The minimum Gasteiger partial charge on any atom is -0.467 e. The first-order valence-corrected chi connectivity index (χ1v) is 19.8. The largest absolute Gasteiger partial charge is 0.467 e. The minimum absolute atomic E-state index is 0.138. The summed E-state index contributed by atoms with van der Waals surface area (Å²) in [7, 11) is 1.29. The van der Waals surface area contributed by atoms with Crippen molar-refractivity contribution in [1.82, 2.24) is 25.1 Å². The van der Waals surface area contributed by atoms with Crippen molar-refractivity contribution in [3.8, 4) is 0 Å². The standard InChI is InChI=1S/C44H47N5O5S/c1-30(2)39(42(52)49-27-32-17-15-14-16-31(32)26-38(49)41(51)46-36(24-25-55-4)43(53)54-3)47-40(50)37-28-48(29-45-37)44(33-18-8-5-9-19-33,34-20-10-6-11-21-34)35-22-12-7-13-23-35/h5-23,28-30,36,38-39H,24-27H2,1-4H3,(H,46,51)(H,47,50)/t36-,38-,39-/m0/s1. The maximum absolute atomic E-state index is 14.6. The molecule has 5 aromatic rings. The van der Waals surface area contributed by atoms with Crippen LogP contribution in [0.1, 0.15) is 58.6 Å².